The van der Waals surface area contributed by atoms with Crippen LogP contribution < -0.4 is 5.32 Å². The van der Waals surface area contributed by atoms with Crippen LogP contribution in [0.25, 0.3) is 5.65 Å². The number of piperazine rings is 1. The normalized spacial score (nSPS) is 14.6. The molecule has 1 amide bonds. The van der Waals surface area contributed by atoms with Crippen molar-refractivity contribution >= 4 is 22.9 Å². The number of nitro groups is 1. The number of ether oxygens (including phenoxy) is 1. The fraction of sp³-hybridized carbons (Fsp3) is 0.364. The molecule has 32 heavy (non-hydrogen) atoms. The number of hydrogen-bond donors (Lipinski definition) is 1. The number of pyridine rings is 1. The summed E-state index contributed by atoms with van der Waals surface area (Å²) in [5, 5.41) is 14.5. The average molecular weight is 438 g/mol. The lowest BCUT2D eigenvalue weighted by atomic mass is 10.1. The maximum atomic E-state index is 13.0. The minimum absolute atomic E-state index is 0.113. The van der Waals surface area contributed by atoms with Gasteiger partial charge in [0, 0.05) is 70.4 Å². The van der Waals surface area contributed by atoms with Gasteiger partial charge < -0.3 is 19.4 Å². The average Bonchev–Trinajstić information content (AvgIpc) is 3.21. The molecule has 1 saturated heterocycles. The molecule has 0 saturated carbocycles. The van der Waals surface area contributed by atoms with Gasteiger partial charge in [0.2, 0.25) is 0 Å². The van der Waals surface area contributed by atoms with Crippen molar-refractivity contribution in [2.45, 2.75) is 6.54 Å². The van der Waals surface area contributed by atoms with Gasteiger partial charge in [0.05, 0.1) is 17.2 Å². The Labute approximate surface area is 185 Å². The predicted molar refractivity (Wildman–Crippen MR) is 120 cm³/mol. The van der Waals surface area contributed by atoms with Crippen LogP contribution in [0.3, 0.4) is 0 Å². The summed E-state index contributed by atoms with van der Waals surface area (Å²) in [6, 6.07) is 10.5. The Kier molecular flexibility index (Phi) is 6.62. The summed E-state index contributed by atoms with van der Waals surface area (Å²) in [5.74, 6) is -0.191. The van der Waals surface area contributed by atoms with Gasteiger partial charge in [-0.05, 0) is 24.3 Å². The van der Waals surface area contributed by atoms with Gasteiger partial charge in [0.15, 0.2) is 0 Å². The van der Waals surface area contributed by atoms with E-state index >= 15 is 0 Å². The Bertz CT molecular complexity index is 1070. The first-order valence-electron chi connectivity index (χ1n) is 10.5. The van der Waals surface area contributed by atoms with Gasteiger partial charge in [-0.2, -0.15) is 0 Å². The van der Waals surface area contributed by atoms with Gasteiger partial charge >= 0.3 is 0 Å². The van der Waals surface area contributed by atoms with E-state index in [4.69, 9.17) is 4.74 Å². The second kappa shape index (κ2) is 9.75. The first-order chi connectivity index (χ1) is 15.5. The van der Waals surface area contributed by atoms with Crippen LogP contribution in [0.5, 0.6) is 0 Å². The van der Waals surface area contributed by atoms with E-state index in [1.807, 2.05) is 35.0 Å². The lowest BCUT2D eigenvalue weighted by molar-refractivity contribution is -0.384. The number of fused-ring (bicyclic) bond motifs is 1. The SMILES string of the molecule is COCCNc1ccc(C(=O)N2CCN(Cc3cn4ccccc4n3)CC2)cc1[N+](=O)[O-]. The third-order valence-electron chi connectivity index (χ3n) is 5.52. The molecule has 10 nitrogen and oxygen atoms in total. The van der Waals surface area contributed by atoms with Gasteiger partial charge in [0.25, 0.3) is 11.6 Å². The molecule has 0 bridgehead atoms. The van der Waals surface area contributed by atoms with Crippen molar-refractivity contribution in [1.82, 2.24) is 19.2 Å². The lowest BCUT2D eigenvalue weighted by Gasteiger charge is -2.34. The van der Waals surface area contributed by atoms with E-state index in [1.54, 1.807) is 24.1 Å². The molecule has 1 aliphatic heterocycles. The molecule has 2 aromatic heterocycles. The van der Waals surface area contributed by atoms with E-state index in [1.165, 1.54) is 6.07 Å². The Morgan fingerprint density at radius 2 is 2.03 bits per heavy atom. The minimum Gasteiger partial charge on any atom is -0.383 e. The Morgan fingerprint density at radius 1 is 1.22 bits per heavy atom. The number of carbonyl (C=O) groups excluding carboxylic acids is 1. The van der Waals surface area contributed by atoms with Crippen molar-refractivity contribution in [3.05, 3.63) is 70.2 Å². The number of hydrogen-bond acceptors (Lipinski definition) is 7. The monoisotopic (exact) mass is 438 g/mol. The van der Waals surface area contributed by atoms with Gasteiger partial charge in [-0.1, -0.05) is 6.07 Å². The van der Waals surface area contributed by atoms with Crippen molar-refractivity contribution in [3.63, 3.8) is 0 Å². The highest BCUT2D eigenvalue weighted by molar-refractivity contribution is 5.95. The van der Waals surface area contributed by atoms with Crippen LogP contribution in [0.2, 0.25) is 0 Å². The molecule has 3 heterocycles. The van der Waals surface area contributed by atoms with E-state index in [-0.39, 0.29) is 11.6 Å². The third-order valence-corrected chi connectivity index (χ3v) is 5.52. The molecule has 1 aliphatic rings. The van der Waals surface area contributed by atoms with E-state index in [0.29, 0.717) is 37.5 Å². The number of anilines is 1. The number of amides is 1. The number of nitrogens with one attached hydrogen (secondary N) is 1. The molecule has 0 spiro atoms. The first kappa shape index (κ1) is 21.7. The number of benzene rings is 1. The summed E-state index contributed by atoms with van der Waals surface area (Å²) >= 11 is 0. The second-order valence-corrected chi connectivity index (χ2v) is 7.68. The Morgan fingerprint density at radius 3 is 2.75 bits per heavy atom. The number of methoxy groups -OCH3 is 1. The molecule has 168 valence electrons. The molecule has 1 aromatic carbocycles. The van der Waals surface area contributed by atoms with Crippen LogP contribution in [0.4, 0.5) is 11.4 Å². The Hall–Kier alpha value is -3.50. The highest BCUT2D eigenvalue weighted by Gasteiger charge is 2.25. The van der Waals surface area contributed by atoms with E-state index < -0.39 is 4.92 Å². The summed E-state index contributed by atoms with van der Waals surface area (Å²) < 4.78 is 6.96. The van der Waals surface area contributed by atoms with E-state index in [0.717, 1.165) is 31.0 Å². The molecule has 0 radical (unpaired) electrons. The maximum Gasteiger partial charge on any atom is 0.293 e. The first-order valence-corrected chi connectivity index (χ1v) is 10.5. The van der Waals surface area contributed by atoms with Crippen LogP contribution in [-0.2, 0) is 11.3 Å². The van der Waals surface area contributed by atoms with Crippen LogP contribution in [-0.4, -0.2) is 76.5 Å². The van der Waals surface area contributed by atoms with Crippen molar-refractivity contribution < 1.29 is 14.5 Å². The van der Waals surface area contributed by atoms with Crippen molar-refractivity contribution in [3.8, 4) is 0 Å². The molecular formula is C22H26N6O4. The Balaban J connectivity index is 1.37. The number of nitrogens with zero attached hydrogens (tertiary/aromatic N) is 5. The zero-order valence-electron chi connectivity index (χ0n) is 17.9. The van der Waals surface area contributed by atoms with Crippen molar-refractivity contribution in [2.75, 3.05) is 51.8 Å². The van der Waals surface area contributed by atoms with Gasteiger partial charge in [-0.3, -0.25) is 19.8 Å². The quantitative estimate of drug-likeness (QED) is 0.327. The summed E-state index contributed by atoms with van der Waals surface area (Å²) in [7, 11) is 1.56. The topological polar surface area (TPSA) is 105 Å². The fourth-order valence-corrected chi connectivity index (χ4v) is 3.84. The number of imidazole rings is 1. The molecule has 3 aromatic rings. The zero-order chi connectivity index (χ0) is 22.5. The molecule has 1 N–H and O–H groups in total. The van der Waals surface area contributed by atoms with Gasteiger partial charge in [0.1, 0.15) is 11.3 Å². The summed E-state index contributed by atoms with van der Waals surface area (Å²) in [6.45, 7) is 4.16. The highest BCUT2D eigenvalue weighted by Crippen LogP contribution is 2.26. The predicted octanol–water partition coefficient (Wildman–Crippen LogP) is 2.26. The van der Waals surface area contributed by atoms with Crippen LogP contribution in [0.1, 0.15) is 16.1 Å². The zero-order valence-corrected chi connectivity index (χ0v) is 17.9. The van der Waals surface area contributed by atoms with E-state index in [9.17, 15) is 14.9 Å². The third kappa shape index (κ3) is 4.87. The molecule has 0 aliphatic carbocycles. The largest absolute Gasteiger partial charge is 0.383 e. The highest BCUT2D eigenvalue weighted by atomic mass is 16.6. The fourth-order valence-electron chi connectivity index (χ4n) is 3.84. The smallest absolute Gasteiger partial charge is 0.293 e. The molecule has 4 rings (SSSR count). The molecule has 0 unspecified atom stereocenters. The number of aromatic nitrogens is 2. The summed E-state index contributed by atoms with van der Waals surface area (Å²) in [4.78, 5) is 32.6. The molecular weight excluding hydrogens is 412 g/mol. The van der Waals surface area contributed by atoms with Crippen molar-refractivity contribution in [1.29, 1.82) is 0 Å². The number of rotatable bonds is 8. The van der Waals surface area contributed by atoms with Crippen LogP contribution in [0, 0.1) is 10.1 Å². The van der Waals surface area contributed by atoms with Gasteiger partial charge in [-0.25, -0.2) is 4.98 Å². The van der Waals surface area contributed by atoms with E-state index in [2.05, 4.69) is 15.2 Å². The van der Waals surface area contributed by atoms with Crippen LogP contribution in [0.15, 0.2) is 48.8 Å². The van der Waals surface area contributed by atoms with Crippen LogP contribution >= 0.6 is 0 Å². The minimum atomic E-state index is -0.474. The summed E-state index contributed by atoms with van der Waals surface area (Å²) in [6.07, 6.45) is 3.99. The standard InChI is InChI=1S/C22H26N6O4/c1-32-13-7-23-19-6-5-17(14-20(19)28(30)31)22(29)26-11-9-25(10-12-26)15-18-16-27-8-3-2-4-21(27)24-18/h2-6,8,14,16,23H,7,9-13,15H2,1H3. The number of nitro benzene ring substituents is 1. The molecule has 10 heteroatoms. The molecule has 0 atom stereocenters. The molecule has 1 fully saturated rings. The lowest BCUT2D eigenvalue weighted by Crippen LogP contribution is -2.48. The van der Waals surface area contributed by atoms with Crippen molar-refractivity contribution in [2.24, 2.45) is 0 Å². The summed E-state index contributed by atoms with van der Waals surface area (Å²) in [5.41, 5.74) is 2.49. The number of carbonyl (C=O) groups is 1. The van der Waals surface area contributed by atoms with Gasteiger partial charge in [-0.15, -0.1) is 0 Å². The second-order valence-electron chi connectivity index (χ2n) is 7.68. The maximum absolute atomic E-state index is 13.0.